The van der Waals surface area contributed by atoms with E-state index in [-0.39, 0.29) is 5.97 Å². The van der Waals surface area contributed by atoms with Crippen LogP contribution in [0.1, 0.15) is 32.2 Å². The van der Waals surface area contributed by atoms with Crippen LogP contribution in [0.5, 0.6) is 0 Å². The van der Waals surface area contributed by atoms with Gasteiger partial charge in [-0.1, -0.05) is 6.92 Å². The molecule has 0 bridgehead atoms. The van der Waals surface area contributed by atoms with Crippen molar-refractivity contribution in [3.63, 3.8) is 0 Å². The maximum atomic E-state index is 12.0. The Kier molecular flexibility index (Phi) is 4.89. The van der Waals surface area contributed by atoms with Gasteiger partial charge in [0.1, 0.15) is 5.01 Å². The van der Waals surface area contributed by atoms with E-state index in [1.165, 1.54) is 11.3 Å². The molecule has 1 heterocycles. The largest absolute Gasteiger partial charge is 0.464 e. The van der Waals surface area contributed by atoms with Crippen LogP contribution in [0.15, 0.2) is 11.6 Å². The van der Waals surface area contributed by atoms with Crippen molar-refractivity contribution in [2.45, 2.75) is 32.7 Å². The predicted octanol–water partition coefficient (Wildman–Crippen LogP) is 1.92. The molecule has 1 rings (SSSR count). The summed E-state index contributed by atoms with van der Waals surface area (Å²) in [7, 11) is 0. The Hall–Kier alpha value is -0.940. The molecule has 0 fully saturated rings. The molecule has 0 amide bonds. The molecule has 0 aliphatic carbocycles. The first kappa shape index (κ1) is 13.1. The minimum Gasteiger partial charge on any atom is -0.464 e. The van der Waals surface area contributed by atoms with Crippen LogP contribution < -0.4 is 5.32 Å². The Bertz CT molecular complexity index is 327. The van der Waals surface area contributed by atoms with Crippen LogP contribution in [-0.4, -0.2) is 24.1 Å². The number of thiazole rings is 1. The third-order valence-corrected chi connectivity index (χ3v) is 3.27. The number of hydrogen-bond acceptors (Lipinski definition) is 5. The molecule has 5 heteroatoms. The SMILES string of the molecule is CCCNC(C)(C(=O)OCC)c1nccs1. The van der Waals surface area contributed by atoms with Crippen molar-refractivity contribution < 1.29 is 9.53 Å². The molecule has 0 spiro atoms. The summed E-state index contributed by atoms with van der Waals surface area (Å²) in [6.07, 6.45) is 2.66. The van der Waals surface area contributed by atoms with E-state index >= 15 is 0 Å². The molecule has 0 radical (unpaired) electrons. The van der Waals surface area contributed by atoms with Crippen molar-refractivity contribution in [3.8, 4) is 0 Å². The Morgan fingerprint density at radius 3 is 2.88 bits per heavy atom. The molecule has 1 aromatic heterocycles. The molecule has 1 atom stereocenters. The van der Waals surface area contributed by atoms with Crippen LogP contribution in [0, 0.1) is 0 Å². The second-order valence-electron chi connectivity index (χ2n) is 3.61. The van der Waals surface area contributed by atoms with Crippen LogP contribution >= 0.6 is 11.3 Å². The number of esters is 1. The van der Waals surface area contributed by atoms with Crippen LogP contribution in [0.25, 0.3) is 0 Å². The minimum absolute atomic E-state index is 0.265. The quantitative estimate of drug-likeness (QED) is 0.774. The lowest BCUT2D eigenvalue weighted by Crippen LogP contribution is -2.48. The van der Waals surface area contributed by atoms with E-state index < -0.39 is 5.54 Å². The summed E-state index contributed by atoms with van der Waals surface area (Å²) in [6, 6.07) is 0. The van der Waals surface area contributed by atoms with Crippen molar-refractivity contribution in [2.75, 3.05) is 13.2 Å². The highest BCUT2D eigenvalue weighted by molar-refractivity contribution is 7.09. The van der Waals surface area contributed by atoms with Crippen LogP contribution in [0.2, 0.25) is 0 Å². The number of ether oxygens (including phenoxy) is 1. The Balaban J connectivity index is 2.88. The maximum absolute atomic E-state index is 12.0. The number of carbonyl (C=O) groups excluding carboxylic acids is 1. The van der Waals surface area contributed by atoms with Gasteiger partial charge in [-0.25, -0.2) is 9.78 Å². The van der Waals surface area contributed by atoms with Gasteiger partial charge >= 0.3 is 5.97 Å². The summed E-state index contributed by atoms with van der Waals surface area (Å²) in [5.74, 6) is -0.265. The number of rotatable bonds is 6. The zero-order chi connectivity index (χ0) is 12.0. The molecule has 0 aliphatic rings. The minimum atomic E-state index is -0.819. The molecule has 90 valence electrons. The average Bonchev–Trinajstić information content (AvgIpc) is 2.80. The van der Waals surface area contributed by atoms with E-state index in [4.69, 9.17) is 4.74 Å². The standard InChI is InChI=1S/C11H18N2O2S/c1-4-6-13-11(3,10(14)15-5-2)9-12-7-8-16-9/h7-8,13H,4-6H2,1-3H3. The number of carbonyl (C=O) groups is 1. The molecule has 1 aromatic rings. The highest BCUT2D eigenvalue weighted by Crippen LogP contribution is 2.24. The summed E-state index contributed by atoms with van der Waals surface area (Å²) in [6.45, 7) is 6.82. The van der Waals surface area contributed by atoms with Crippen molar-refractivity contribution in [2.24, 2.45) is 0 Å². The molecule has 0 aliphatic heterocycles. The first-order valence-corrected chi connectivity index (χ1v) is 6.35. The smallest absolute Gasteiger partial charge is 0.333 e. The van der Waals surface area contributed by atoms with E-state index in [9.17, 15) is 4.79 Å². The predicted molar refractivity (Wildman–Crippen MR) is 64.4 cm³/mol. The van der Waals surface area contributed by atoms with Crippen molar-refractivity contribution in [1.82, 2.24) is 10.3 Å². The Labute approximate surface area is 100 Å². The van der Waals surface area contributed by atoms with E-state index in [0.717, 1.165) is 18.0 Å². The number of hydrogen-bond donors (Lipinski definition) is 1. The average molecular weight is 242 g/mol. The van der Waals surface area contributed by atoms with Gasteiger partial charge in [0.05, 0.1) is 6.61 Å². The lowest BCUT2D eigenvalue weighted by atomic mass is 10.0. The van der Waals surface area contributed by atoms with Gasteiger partial charge in [-0.3, -0.25) is 5.32 Å². The lowest BCUT2D eigenvalue weighted by Gasteiger charge is -2.26. The van der Waals surface area contributed by atoms with Crippen molar-refractivity contribution in [1.29, 1.82) is 0 Å². The summed E-state index contributed by atoms with van der Waals surface area (Å²) < 4.78 is 5.09. The summed E-state index contributed by atoms with van der Waals surface area (Å²) in [5.41, 5.74) is -0.819. The zero-order valence-electron chi connectivity index (χ0n) is 9.95. The van der Waals surface area contributed by atoms with E-state index in [2.05, 4.69) is 17.2 Å². The van der Waals surface area contributed by atoms with E-state index in [0.29, 0.717) is 6.61 Å². The normalized spacial score (nSPS) is 14.4. The first-order valence-electron chi connectivity index (χ1n) is 5.47. The Morgan fingerprint density at radius 2 is 2.38 bits per heavy atom. The second kappa shape index (κ2) is 5.96. The molecule has 0 saturated heterocycles. The number of nitrogens with one attached hydrogen (secondary N) is 1. The van der Waals surface area contributed by atoms with Crippen molar-refractivity contribution >= 4 is 17.3 Å². The summed E-state index contributed by atoms with van der Waals surface area (Å²) in [5, 5.41) is 5.82. The third kappa shape index (κ3) is 2.80. The molecule has 4 nitrogen and oxygen atoms in total. The van der Waals surface area contributed by atoms with Gasteiger partial charge in [0.15, 0.2) is 5.54 Å². The van der Waals surface area contributed by atoms with Gasteiger partial charge in [-0.05, 0) is 26.8 Å². The molecule has 16 heavy (non-hydrogen) atoms. The first-order chi connectivity index (χ1) is 7.65. The molecular weight excluding hydrogens is 224 g/mol. The number of aromatic nitrogens is 1. The van der Waals surface area contributed by atoms with E-state index in [1.807, 2.05) is 12.3 Å². The van der Waals surface area contributed by atoms with Gasteiger partial charge in [0.2, 0.25) is 0 Å². The van der Waals surface area contributed by atoms with Gasteiger partial charge in [0, 0.05) is 11.6 Å². The topological polar surface area (TPSA) is 51.2 Å². The monoisotopic (exact) mass is 242 g/mol. The maximum Gasteiger partial charge on any atom is 0.333 e. The molecule has 1 N–H and O–H groups in total. The molecular formula is C11H18N2O2S. The van der Waals surface area contributed by atoms with E-state index in [1.54, 1.807) is 13.1 Å². The fourth-order valence-corrected chi connectivity index (χ4v) is 2.12. The highest BCUT2D eigenvalue weighted by Gasteiger charge is 2.38. The van der Waals surface area contributed by atoms with Gasteiger partial charge in [-0.2, -0.15) is 0 Å². The number of nitrogens with zero attached hydrogens (tertiary/aromatic N) is 1. The Morgan fingerprint density at radius 1 is 1.62 bits per heavy atom. The van der Waals surface area contributed by atoms with Crippen LogP contribution in [0.4, 0.5) is 0 Å². The fraction of sp³-hybridized carbons (Fsp3) is 0.636. The van der Waals surface area contributed by atoms with Gasteiger partial charge < -0.3 is 4.74 Å². The van der Waals surface area contributed by atoms with Crippen molar-refractivity contribution in [3.05, 3.63) is 16.6 Å². The molecule has 1 unspecified atom stereocenters. The fourth-order valence-electron chi connectivity index (χ4n) is 1.36. The summed E-state index contributed by atoms with van der Waals surface area (Å²) in [4.78, 5) is 16.2. The van der Waals surface area contributed by atoms with Gasteiger partial charge in [-0.15, -0.1) is 11.3 Å². The summed E-state index contributed by atoms with van der Waals surface area (Å²) >= 11 is 1.46. The van der Waals surface area contributed by atoms with Crippen LogP contribution in [0.3, 0.4) is 0 Å². The second-order valence-corrected chi connectivity index (χ2v) is 4.50. The lowest BCUT2D eigenvalue weighted by molar-refractivity contribution is -0.151. The molecule has 0 aromatic carbocycles. The van der Waals surface area contributed by atoms with Gasteiger partial charge in [0.25, 0.3) is 0 Å². The third-order valence-electron chi connectivity index (χ3n) is 2.27. The van der Waals surface area contributed by atoms with Crippen LogP contribution in [-0.2, 0) is 15.1 Å². The zero-order valence-corrected chi connectivity index (χ0v) is 10.8. The highest BCUT2D eigenvalue weighted by atomic mass is 32.1. The molecule has 0 saturated carbocycles.